The first-order valence-electron chi connectivity index (χ1n) is 12.0. The Labute approximate surface area is 193 Å². The number of Topliss-reactive ketones (excluding diaryl/α,β-unsaturated/α-hetero) is 1. The average Bonchev–Trinajstić information content (AvgIpc) is 3.34. The fourth-order valence-corrected chi connectivity index (χ4v) is 8.15. The van der Waals surface area contributed by atoms with Crippen molar-refractivity contribution >= 4 is 29.1 Å². The van der Waals surface area contributed by atoms with Crippen molar-refractivity contribution in [3.05, 3.63) is 34.5 Å². The van der Waals surface area contributed by atoms with Crippen LogP contribution in [-0.4, -0.2) is 30.4 Å². The summed E-state index contributed by atoms with van der Waals surface area (Å²) >= 11 is 1.35. The van der Waals surface area contributed by atoms with Crippen LogP contribution in [0.5, 0.6) is 0 Å². The number of rotatable bonds is 5. The normalized spacial score (nSPS) is 40.4. The van der Waals surface area contributed by atoms with Crippen molar-refractivity contribution in [1.82, 2.24) is 0 Å². The molecule has 0 radical (unpaired) electrons. The number of carbonyl (C=O) groups excluding carboxylic acids is 3. The highest BCUT2D eigenvalue weighted by Crippen LogP contribution is 2.69. The minimum absolute atomic E-state index is 0.0225. The molecular weight excluding hydrogens is 424 g/mol. The lowest BCUT2D eigenvalue weighted by Gasteiger charge is -2.66. The van der Waals surface area contributed by atoms with E-state index in [2.05, 4.69) is 20.4 Å². The molecule has 1 saturated heterocycles. The molecule has 6 heteroatoms. The summed E-state index contributed by atoms with van der Waals surface area (Å²) in [6.45, 7) is 8.81. The Balaban J connectivity index is 1.62. The van der Waals surface area contributed by atoms with E-state index in [-0.39, 0.29) is 41.4 Å². The molecule has 7 atom stereocenters. The third-order valence-electron chi connectivity index (χ3n) is 9.04. The predicted molar refractivity (Wildman–Crippen MR) is 121 cm³/mol. The van der Waals surface area contributed by atoms with Gasteiger partial charge < -0.3 is 9.47 Å². The SMILES string of the molecule is C=C1C(=O)[C@]23CC[C@H]1CC2C1(CCCC)C(=O)OC[C@@H](C)C1C[C@H]3OC(=O)c1cccs1. The molecule has 2 bridgehead atoms. The van der Waals surface area contributed by atoms with Crippen molar-refractivity contribution in [3.8, 4) is 0 Å². The number of unbranched alkanes of at least 4 members (excludes halogenated alkanes) is 1. The second kappa shape index (κ2) is 7.82. The van der Waals surface area contributed by atoms with Crippen molar-refractivity contribution in [2.24, 2.45) is 34.5 Å². The number of esters is 2. The van der Waals surface area contributed by atoms with Crippen LogP contribution in [0.25, 0.3) is 0 Å². The van der Waals surface area contributed by atoms with Crippen LogP contribution in [0.1, 0.15) is 68.5 Å². The van der Waals surface area contributed by atoms with E-state index in [1.165, 1.54) is 11.3 Å². The molecule has 1 aromatic heterocycles. The van der Waals surface area contributed by atoms with Gasteiger partial charge in [-0.05, 0) is 72.8 Å². The van der Waals surface area contributed by atoms with E-state index >= 15 is 0 Å². The van der Waals surface area contributed by atoms with Gasteiger partial charge in [0, 0.05) is 0 Å². The lowest BCUT2D eigenvalue weighted by molar-refractivity contribution is -0.229. The van der Waals surface area contributed by atoms with Crippen molar-refractivity contribution in [2.45, 2.75) is 64.9 Å². The molecule has 0 N–H and O–H groups in total. The Hall–Kier alpha value is -1.95. The molecule has 5 nitrogen and oxygen atoms in total. The minimum atomic E-state index is -0.862. The average molecular weight is 457 g/mol. The largest absolute Gasteiger partial charge is 0.465 e. The molecule has 172 valence electrons. The van der Waals surface area contributed by atoms with Gasteiger partial charge in [-0.2, -0.15) is 0 Å². The number of cyclic esters (lactones) is 1. The highest BCUT2D eigenvalue weighted by molar-refractivity contribution is 7.11. The smallest absolute Gasteiger partial charge is 0.348 e. The third kappa shape index (κ3) is 2.84. The lowest BCUT2D eigenvalue weighted by Crippen LogP contribution is -2.70. The van der Waals surface area contributed by atoms with Gasteiger partial charge in [0.15, 0.2) is 5.78 Å². The number of ketones is 1. The van der Waals surface area contributed by atoms with Crippen LogP contribution in [0.3, 0.4) is 0 Å². The zero-order valence-corrected chi connectivity index (χ0v) is 19.7. The van der Waals surface area contributed by atoms with Gasteiger partial charge in [0.25, 0.3) is 0 Å². The lowest BCUT2D eigenvalue weighted by atomic mass is 9.37. The molecule has 5 aliphatic rings. The first-order chi connectivity index (χ1) is 15.4. The number of allylic oxidation sites excluding steroid dienone is 1. The van der Waals surface area contributed by atoms with Gasteiger partial charge in [0.2, 0.25) is 0 Å². The van der Waals surface area contributed by atoms with Crippen molar-refractivity contribution < 1.29 is 23.9 Å². The van der Waals surface area contributed by atoms with Crippen LogP contribution in [0.2, 0.25) is 0 Å². The summed E-state index contributed by atoms with van der Waals surface area (Å²) in [5.41, 5.74) is -0.876. The van der Waals surface area contributed by atoms with E-state index in [9.17, 15) is 14.4 Å². The van der Waals surface area contributed by atoms with Crippen molar-refractivity contribution in [3.63, 3.8) is 0 Å². The molecule has 1 aliphatic heterocycles. The molecule has 32 heavy (non-hydrogen) atoms. The molecule has 0 aromatic carbocycles. The van der Waals surface area contributed by atoms with Gasteiger partial charge in [-0.15, -0.1) is 11.3 Å². The predicted octanol–water partition coefficient (Wildman–Crippen LogP) is 5.20. The molecule has 1 aromatic rings. The maximum absolute atomic E-state index is 13.9. The van der Waals surface area contributed by atoms with Gasteiger partial charge in [-0.25, -0.2) is 4.79 Å². The molecule has 1 spiro atoms. The molecular formula is C26H32O5S. The summed E-state index contributed by atoms with van der Waals surface area (Å²) < 4.78 is 12.0. The summed E-state index contributed by atoms with van der Waals surface area (Å²) in [5.74, 6) is -0.298. The highest BCUT2D eigenvalue weighted by atomic mass is 32.1. The van der Waals surface area contributed by atoms with Crippen molar-refractivity contribution in [2.75, 3.05) is 6.61 Å². The molecule has 6 rings (SSSR count). The summed E-state index contributed by atoms with van der Waals surface area (Å²) in [5, 5.41) is 1.85. The standard InChI is InChI=1S/C26H32O5S/c1-4-5-9-25-18(15(2)14-30-24(25)29)13-21(31-23(28)19-7-6-11-32-19)26-10-8-17(12-20(25)26)16(3)22(26)27/h6-7,11,15,17-18,20-21H,3-5,8-10,12-14H2,1-2H3/t15-,17+,18?,20?,21-,25?,26-/m1/s1. The first-order valence-corrected chi connectivity index (χ1v) is 12.9. The fraction of sp³-hybridized carbons (Fsp3) is 0.654. The van der Waals surface area contributed by atoms with Crippen LogP contribution in [0.4, 0.5) is 0 Å². The van der Waals surface area contributed by atoms with E-state index in [0.29, 0.717) is 29.9 Å². The van der Waals surface area contributed by atoms with E-state index < -0.39 is 16.9 Å². The summed E-state index contributed by atoms with van der Waals surface area (Å²) in [6, 6.07) is 3.59. The topological polar surface area (TPSA) is 69.7 Å². The molecule has 3 unspecified atom stereocenters. The van der Waals surface area contributed by atoms with Gasteiger partial charge in [0.1, 0.15) is 11.0 Å². The number of hydrogen-bond acceptors (Lipinski definition) is 6. The quantitative estimate of drug-likeness (QED) is 0.450. The van der Waals surface area contributed by atoms with Crippen LogP contribution < -0.4 is 0 Å². The molecule has 2 heterocycles. The highest BCUT2D eigenvalue weighted by Gasteiger charge is 2.73. The first kappa shape index (κ1) is 21.9. The maximum atomic E-state index is 13.9. The summed E-state index contributed by atoms with van der Waals surface area (Å²) in [4.78, 5) is 41.0. The monoisotopic (exact) mass is 456 g/mol. The Morgan fingerprint density at radius 3 is 2.88 bits per heavy atom. The van der Waals surface area contributed by atoms with Crippen molar-refractivity contribution in [1.29, 1.82) is 0 Å². The van der Waals surface area contributed by atoms with E-state index in [4.69, 9.17) is 9.47 Å². The second-order valence-corrected chi connectivity index (χ2v) is 11.3. The third-order valence-corrected chi connectivity index (χ3v) is 9.89. The van der Waals surface area contributed by atoms with E-state index in [0.717, 1.165) is 32.1 Å². The minimum Gasteiger partial charge on any atom is -0.465 e. The van der Waals surface area contributed by atoms with Crippen LogP contribution in [0.15, 0.2) is 29.7 Å². The van der Waals surface area contributed by atoms with Gasteiger partial charge in [-0.3, -0.25) is 9.59 Å². The van der Waals surface area contributed by atoms with E-state index in [1.54, 1.807) is 6.07 Å². The number of carbonyl (C=O) groups is 3. The summed E-state index contributed by atoms with van der Waals surface area (Å²) in [7, 11) is 0. The fourth-order valence-electron chi connectivity index (χ4n) is 7.54. The molecule has 4 saturated carbocycles. The van der Waals surface area contributed by atoms with Crippen LogP contribution in [0, 0.1) is 34.5 Å². The van der Waals surface area contributed by atoms with Crippen LogP contribution >= 0.6 is 11.3 Å². The second-order valence-electron chi connectivity index (χ2n) is 10.4. The Morgan fingerprint density at radius 1 is 1.34 bits per heavy atom. The number of ether oxygens (including phenoxy) is 2. The molecule has 0 amide bonds. The number of hydrogen-bond donors (Lipinski definition) is 0. The van der Waals surface area contributed by atoms with Gasteiger partial charge in [-0.1, -0.05) is 39.3 Å². The van der Waals surface area contributed by atoms with Crippen LogP contribution in [-0.2, 0) is 19.1 Å². The molecule has 4 aliphatic carbocycles. The van der Waals surface area contributed by atoms with E-state index in [1.807, 2.05) is 11.4 Å². The van der Waals surface area contributed by atoms with Gasteiger partial charge >= 0.3 is 11.9 Å². The summed E-state index contributed by atoms with van der Waals surface area (Å²) in [6.07, 6.45) is 4.94. The number of fused-ring (bicyclic) bond motifs is 3. The number of thiophene rings is 1. The Kier molecular flexibility index (Phi) is 5.35. The Morgan fingerprint density at radius 2 is 2.16 bits per heavy atom. The molecule has 5 fully saturated rings. The zero-order chi connectivity index (χ0) is 22.7. The zero-order valence-electron chi connectivity index (χ0n) is 18.9. The Bertz CT molecular complexity index is 951. The maximum Gasteiger partial charge on any atom is 0.348 e. The van der Waals surface area contributed by atoms with Gasteiger partial charge in [0.05, 0.1) is 17.4 Å².